The Labute approximate surface area is 426 Å². The van der Waals surface area contributed by atoms with E-state index >= 15 is 13.2 Å². The standard InChI is InChI=1S/C67H45F3N4/c1-40-15-19-45(20-16-40)49-23-27-59-53(35-49)54-36-50(46-21-17-41(2)18-22-46)24-28-60(54)73(59)63-33-44(39-71)34-64(66(63)65-57(67(68,69)70)13-8-14-58(65)72-5)74-61-29-25-51(47-11-6-9-42(3)31-47)37-55(61)56-38-52(26-30-62(56)74)48-12-7-10-43(4)32-48/h6-38H,1-4H3. The Morgan fingerprint density at radius 3 is 1.14 bits per heavy atom. The van der Waals surface area contributed by atoms with Gasteiger partial charge in [0.1, 0.15) is 0 Å². The number of nitriles is 1. The molecule has 0 saturated carbocycles. The van der Waals surface area contributed by atoms with Gasteiger partial charge in [0.2, 0.25) is 0 Å². The molecular formula is C67H45F3N4. The van der Waals surface area contributed by atoms with Gasteiger partial charge in [-0.1, -0.05) is 162 Å². The van der Waals surface area contributed by atoms with Crippen LogP contribution in [-0.4, -0.2) is 9.13 Å². The van der Waals surface area contributed by atoms with E-state index in [-0.39, 0.29) is 22.4 Å². The average molecular weight is 963 g/mol. The minimum Gasteiger partial charge on any atom is -0.309 e. The molecule has 0 saturated heterocycles. The van der Waals surface area contributed by atoms with Gasteiger partial charge in [-0.15, -0.1) is 0 Å². The highest BCUT2D eigenvalue weighted by molar-refractivity contribution is 6.15. The van der Waals surface area contributed by atoms with Crippen LogP contribution in [-0.2, 0) is 6.18 Å². The van der Waals surface area contributed by atoms with E-state index in [9.17, 15) is 5.26 Å². The van der Waals surface area contributed by atoms with Gasteiger partial charge in [-0.25, -0.2) is 4.85 Å². The second kappa shape index (κ2) is 17.7. The van der Waals surface area contributed by atoms with Crippen LogP contribution >= 0.6 is 0 Å². The van der Waals surface area contributed by atoms with E-state index in [1.165, 1.54) is 12.1 Å². The van der Waals surface area contributed by atoms with Crippen molar-refractivity contribution in [3.05, 3.63) is 245 Å². The van der Waals surface area contributed by atoms with Gasteiger partial charge in [0.05, 0.1) is 57.2 Å². The molecule has 0 bridgehead atoms. The number of halogens is 3. The van der Waals surface area contributed by atoms with E-state index in [1.54, 1.807) is 12.1 Å². The van der Waals surface area contributed by atoms with Crippen LogP contribution in [0.3, 0.4) is 0 Å². The Morgan fingerprint density at radius 2 is 0.770 bits per heavy atom. The molecule has 4 nitrogen and oxygen atoms in total. The van der Waals surface area contributed by atoms with Gasteiger partial charge in [0.25, 0.3) is 0 Å². The Morgan fingerprint density at radius 1 is 0.405 bits per heavy atom. The number of aryl methyl sites for hydroxylation is 4. The van der Waals surface area contributed by atoms with Crippen molar-refractivity contribution < 1.29 is 13.2 Å². The number of alkyl halides is 3. The molecule has 12 aromatic rings. The van der Waals surface area contributed by atoms with Crippen molar-refractivity contribution in [2.24, 2.45) is 0 Å². The smallest absolute Gasteiger partial charge is 0.309 e. The van der Waals surface area contributed by atoms with E-state index in [0.29, 0.717) is 11.4 Å². The van der Waals surface area contributed by atoms with Crippen molar-refractivity contribution in [3.8, 4) is 73.1 Å². The normalized spacial score (nSPS) is 11.7. The summed E-state index contributed by atoms with van der Waals surface area (Å²) in [4.78, 5) is 3.83. The van der Waals surface area contributed by atoms with Crippen LogP contribution < -0.4 is 0 Å². The second-order valence-electron chi connectivity index (χ2n) is 19.4. The minimum atomic E-state index is -4.86. The van der Waals surface area contributed by atoms with Crippen LogP contribution in [0.15, 0.2) is 200 Å². The molecule has 0 fully saturated rings. The zero-order valence-corrected chi connectivity index (χ0v) is 41.0. The molecule has 0 N–H and O–H groups in total. The molecule has 0 atom stereocenters. The Hall–Kier alpha value is -9.43. The Bertz CT molecular complexity index is 4140. The van der Waals surface area contributed by atoms with Crippen LogP contribution in [0.5, 0.6) is 0 Å². The summed E-state index contributed by atoms with van der Waals surface area (Å²) in [5, 5.41) is 14.6. The minimum absolute atomic E-state index is 0.163. The monoisotopic (exact) mass is 962 g/mol. The third-order valence-corrected chi connectivity index (χ3v) is 14.4. The predicted octanol–water partition coefficient (Wildman–Crippen LogP) is 18.9. The molecule has 0 radical (unpaired) electrons. The summed E-state index contributed by atoms with van der Waals surface area (Å²) in [6.45, 7) is 16.7. The van der Waals surface area contributed by atoms with E-state index < -0.39 is 11.7 Å². The summed E-state index contributed by atoms with van der Waals surface area (Å²) in [6, 6.07) is 67.7. The van der Waals surface area contributed by atoms with Gasteiger partial charge in [0, 0.05) is 32.7 Å². The first-order valence-electron chi connectivity index (χ1n) is 24.5. The first kappa shape index (κ1) is 45.7. The lowest BCUT2D eigenvalue weighted by molar-refractivity contribution is -0.137. The second-order valence-corrected chi connectivity index (χ2v) is 19.4. The molecule has 354 valence electrons. The molecule has 0 aliphatic heterocycles. The Balaban J connectivity index is 1.24. The molecular weight excluding hydrogens is 918 g/mol. The van der Waals surface area contributed by atoms with Gasteiger partial charge in [0.15, 0.2) is 5.69 Å². The number of hydrogen-bond acceptors (Lipinski definition) is 1. The molecule has 12 rings (SSSR count). The Kier molecular flexibility index (Phi) is 10.9. The maximum Gasteiger partial charge on any atom is 0.415 e. The lowest BCUT2D eigenvalue weighted by Crippen LogP contribution is -2.11. The largest absolute Gasteiger partial charge is 0.415 e. The third kappa shape index (κ3) is 7.78. The quantitative estimate of drug-likeness (QED) is 0.147. The highest BCUT2D eigenvalue weighted by Gasteiger charge is 2.37. The number of aromatic nitrogens is 2. The van der Waals surface area contributed by atoms with Crippen molar-refractivity contribution in [3.63, 3.8) is 0 Å². The molecule has 0 aliphatic carbocycles. The molecule has 0 amide bonds. The van der Waals surface area contributed by atoms with Gasteiger partial charge >= 0.3 is 6.18 Å². The SMILES string of the molecule is [C-]#[N+]c1cccc(C(F)(F)F)c1-c1c(-n2c3ccc(-c4ccc(C)cc4)cc3c3cc(-c4ccc(C)cc4)ccc32)cc(C#N)cc1-n1c2ccc(-c3cccc(C)c3)cc2c2cc(-c3cccc(C)c3)ccc21. The number of nitrogens with zero attached hydrogens (tertiary/aromatic N) is 4. The predicted molar refractivity (Wildman–Crippen MR) is 297 cm³/mol. The average Bonchev–Trinajstić information content (AvgIpc) is 3.92. The maximum atomic E-state index is 15.9. The fraction of sp³-hybridized carbons (Fsp3) is 0.0746. The van der Waals surface area contributed by atoms with Gasteiger partial charge < -0.3 is 9.13 Å². The van der Waals surface area contributed by atoms with E-state index in [0.717, 1.165) is 116 Å². The van der Waals surface area contributed by atoms with E-state index in [4.69, 9.17) is 6.57 Å². The summed E-state index contributed by atoms with van der Waals surface area (Å²) < 4.78 is 51.7. The van der Waals surface area contributed by atoms with Crippen molar-refractivity contribution in [1.29, 1.82) is 5.26 Å². The third-order valence-electron chi connectivity index (χ3n) is 14.4. The zero-order valence-electron chi connectivity index (χ0n) is 41.0. The molecule has 74 heavy (non-hydrogen) atoms. The first-order chi connectivity index (χ1) is 35.8. The van der Waals surface area contributed by atoms with Gasteiger partial charge in [-0.2, -0.15) is 18.4 Å². The fourth-order valence-electron chi connectivity index (χ4n) is 10.8. The number of benzene rings is 10. The van der Waals surface area contributed by atoms with Gasteiger partial charge in [-0.3, -0.25) is 0 Å². The summed E-state index contributed by atoms with van der Waals surface area (Å²) >= 11 is 0. The van der Waals surface area contributed by atoms with Crippen molar-refractivity contribution in [2.45, 2.75) is 33.9 Å². The first-order valence-corrected chi connectivity index (χ1v) is 24.5. The van der Waals surface area contributed by atoms with Crippen LogP contribution in [0.2, 0.25) is 0 Å². The van der Waals surface area contributed by atoms with Crippen LogP contribution in [0.4, 0.5) is 18.9 Å². The summed E-state index contributed by atoms with van der Waals surface area (Å²) in [7, 11) is 0. The molecule has 0 unspecified atom stereocenters. The molecule has 2 aromatic heterocycles. The zero-order chi connectivity index (χ0) is 51.0. The van der Waals surface area contributed by atoms with E-state index in [1.807, 2.05) is 69.8 Å². The highest BCUT2D eigenvalue weighted by atomic mass is 19.4. The number of hydrogen-bond donors (Lipinski definition) is 0. The van der Waals surface area contributed by atoms with E-state index in [2.05, 4.69) is 148 Å². The molecule has 2 heterocycles. The van der Waals surface area contributed by atoms with Gasteiger partial charge in [-0.05, 0) is 133 Å². The van der Waals surface area contributed by atoms with Crippen LogP contribution in [0.1, 0.15) is 33.4 Å². The topological polar surface area (TPSA) is 38.0 Å². The molecule has 0 spiro atoms. The summed E-state index contributed by atoms with van der Waals surface area (Å²) in [5.41, 5.74) is 15.0. The summed E-state index contributed by atoms with van der Waals surface area (Å²) in [6.07, 6.45) is -4.86. The molecule has 7 heteroatoms. The van der Waals surface area contributed by atoms with Crippen LogP contribution in [0.25, 0.3) is 115 Å². The fourth-order valence-corrected chi connectivity index (χ4v) is 10.8. The van der Waals surface area contributed by atoms with Crippen molar-refractivity contribution in [1.82, 2.24) is 9.13 Å². The lowest BCUT2D eigenvalue weighted by Gasteiger charge is -2.24. The lowest BCUT2D eigenvalue weighted by atomic mass is 9.92. The number of rotatable bonds is 7. The summed E-state index contributed by atoms with van der Waals surface area (Å²) in [5.74, 6) is 0. The highest BCUT2D eigenvalue weighted by Crippen LogP contribution is 2.50. The van der Waals surface area contributed by atoms with Crippen molar-refractivity contribution in [2.75, 3.05) is 0 Å². The number of fused-ring (bicyclic) bond motifs is 6. The van der Waals surface area contributed by atoms with Crippen molar-refractivity contribution >= 4 is 49.3 Å². The van der Waals surface area contributed by atoms with Crippen LogP contribution in [0, 0.1) is 45.6 Å². The molecule has 0 aliphatic rings. The molecule has 10 aromatic carbocycles. The maximum absolute atomic E-state index is 15.9.